The number of esters is 1. The first-order valence-corrected chi connectivity index (χ1v) is 12.2. The number of carbonyl (C=O) groups excluding carboxylic acids is 1. The molecule has 1 aromatic carbocycles. The first-order valence-electron chi connectivity index (χ1n) is 10.5. The Hall–Kier alpha value is -3.50. The fraction of sp³-hybridized carbons (Fsp3) is 0.217. The normalized spacial score (nSPS) is 13.2. The highest BCUT2D eigenvalue weighted by Crippen LogP contribution is 2.35. The van der Waals surface area contributed by atoms with Gasteiger partial charge in [0.05, 0.1) is 15.1 Å². The van der Waals surface area contributed by atoms with Crippen molar-refractivity contribution in [2.45, 2.75) is 32.3 Å². The second kappa shape index (κ2) is 8.45. The van der Waals surface area contributed by atoms with E-state index in [4.69, 9.17) is 9.15 Å². The molecule has 33 heavy (non-hydrogen) atoms. The summed E-state index contributed by atoms with van der Waals surface area (Å²) >= 11 is 3.14. The van der Waals surface area contributed by atoms with Crippen LogP contribution in [-0.4, -0.2) is 31.1 Å². The number of aromatic nitrogens is 5. The Kier molecular flexibility index (Phi) is 5.16. The third-order valence-electron chi connectivity index (χ3n) is 5.39. The van der Waals surface area contributed by atoms with Crippen molar-refractivity contribution in [1.82, 2.24) is 25.1 Å². The van der Waals surface area contributed by atoms with Gasteiger partial charge in [-0.1, -0.05) is 12.1 Å². The van der Waals surface area contributed by atoms with Gasteiger partial charge in [0.2, 0.25) is 0 Å². The summed E-state index contributed by atoms with van der Waals surface area (Å²) in [7, 11) is 0. The van der Waals surface area contributed by atoms with E-state index in [1.54, 1.807) is 11.3 Å². The predicted molar refractivity (Wildman–Crippen MR) is 124 cm³/mol. The molecule has 0 saturated heterocycles. The average Bonchev–Trinajstić information content (AvgIpc) is 3.60. The van der Waals surface area contributed by atoms with Crippen LogP contribution in [0.2, 0.25) is 0 Å². The Morgan fingerprint density at radius 2 is 1.94 bits per heavy atom. The molecule has 0 bridgehead atoms. The Labute approximate surface area is 196 Å². The summed E-state index contributed by atoms with van der Waals surface area (Å²) in [5.74, 6) is 0.0639. The number of ether oxygens (including phenoxy) is 1. The molecule has 0 N–H and O–H groups in total. The fourth-order valence-corrected chi connectivity index (χ4v) is 5.96. The minimum Gasteiger partial charge on any atom is -0.451 e. The van der Waals surface area contributed by atoms with Crippen LogP contribution in [0.25, 0.3) is 31.7 Å². The summed E-state index contributed by atoms with van der Waals surface area (Å²) in [4.78, 5) is 28.3. The molecule has 6 rings (SSSR count). The van der Waals surface area contributed by atoms with Crippen molar-refractivity contribution in [2.24, 2.45) is 0 Å². The van der Waals surface area contributed by atoms with E-state index in [0.717, 1.165) is 27.9 Å². The van der Waals surface area contributed by atoms with E-state index >= 15 is 0 Å². The van der Waals surface area contributed by atoms with Crippen LogP contribution < -0.4 is 0 Å². The lowest BCUT2D eigenvalue weighted by Crippen LogP contribution is -2.10. The maximum atomic E-state index is 12.8. The van der Waals surface area contributed by atoms with Crippen molar-refractivity contribution >= 4 is 38.9 Å². The number of nitrogens with zero attached hydrogens (tertiary/aromatic N) is 5. The van der Waals surface area contributed by atoms with Gasteiger partial charge in [0.25, 0.3) is 11.8 Å². The third-order valence-corrected chi connectivity index (χ3v) is 7.66. The zero-order valence-corrected chi connectivity index (χ0v) is 19.0. The van der Waals surface area contributed by atoms with Gasteiger partial charge in [0.1, 0.15) is 10.7 Å². The van der Waals surface area contributed by atoms with Gasteiger partial charge in [-0.3, -0.25) is 0 Å². The van der Waals surface area contributed by atoms with Crippen LogP contribution in [0.3, 0.4) is 0 Å². The van der Waals surface area contributed by atoms with Crippen LogP contribution in [-0.2, 0) is 24.2 Å². The lowest BCUT2D eigenvalue weighted by molar-refractivity contribution is 0.0432. The van der Waals surface area contributed by atoms with E-state index in [1.165, 1.54) is 47.0 Å². The number of para-hydroxylation sites is 1. The molecule has 1 aliphatic carbocycles. The maximum Gasteiger partial charge on any atom is 0.359 e. The first kappa shape index (κ1) is 20.1. The standard InChI is InChI=1S/C23H17N5O3S2/c29-23(20-19(24-9-10-25-20)22-26-14-6-2-4-8-16(14)33-22)30-12-18-27-28-21(31-18)17-11-13-5-1-3-7-15(13)32-17/h2,4,6,8-11H,1,3,5,7,12H2. The largest absolute Gasteiger partial charge is 0.451 e. The number of aryl methyl sites for hydroxylation is 2. The van der Waals surface area contributed by atoms with Crippen LogP contribution >= 0.6 is 22.7 Å². The van der Waals surface area contributed by atoms with Crippen LogP contribution in [0, 0.1) is 0 Å². The highest BCUT2D eigenvalue weighted by molar-refractivity contribution is 7.21. The van der Waals surface area contributed by atoms with Crippen molar-refractivity contribution in [2.75, 3.05) is 0 Å². The number of thiophene rings is 1. The molecule has 0 amide bonds. The van der Waals surface area contributed by atoms with Gasteiger partial charge in [0.15, 0.2) is 12.3 Å². The Morgan fingerprint density at radius 3 is 2.85 bits per heavy atom. The molecule has 0 fully saturated rings. The molecule has 5 aromatic rings. The van der Waals surface area contributed by atoms with E-state index in [-0.39, 0.29) is 18.2 Å². The molecule has 164 valence electrons. The summed E-state index contributed by atoms with van der Waals surface area (Å²) in [5, 5.41) is 8.79. The second-order valence-electron chi connectivity index (χ2n) is 7.58. The number of carbonyl (C=O) groups is 1. The van der Waals surface area contributed by atoms with Gasteiger partial charge in [-0.25, -0.2) is 19.7 Å². The van der Waals surface area contributed by atoms with Crippen LogP contribution in [0.1, 0.15) is 39.7 Å². The van der Waals surface area contributed by atoms with Crippen LogP contribution in [0.4, 0.5) is 0 Å². The molecule has 10 heteroatoms. The number of benzene rings is 1. The molecule has 0 spiro atoms. The van der Waals surface area contributed by atoms with Crippen molar-refractivity contribution in [3.05, 3.63) is 64.8 Å². The minimum absolute atomic E-state index is 0.0993. The summed E-state index contributed by atoms with van der Waals surface area (Å²) in [6, 6.07) is 9.89. The van der Waals surface area contributed by atoms with Gasteiger partial charge in [-0.2, -0.15) is 0 Å². The number of hydrogen-bond acceptors (Lipinski definition) is 10. The zero-order chi connectivity index (χ0) is 22.2. The number of thiazole rings is 1. The number of hydrogen-bond donors (Lipinski definition) is 0. The Morgan fingerprint density at radius 1 is 1.06 bits per heavy atom. The lowest BCUT2D eigenvalue weighted by Gasteiger charge is -2.08. The highest BCUT2D eigenvalue weighted by Gasteiger charge is 2.22. The molecule has 0 saturated carbocycles. The van der Waals surface area contributed by atoms with E-state index < -0.39 is 5.97 Å². The maximum absolute atomic E-state index is 12.8. The third kappa shape index (κ3) is 3.91. The molecule has 0 aliphatic heterocycles. The van der Waals surface area contributed by atoms with E-state index in [9.17, 15) is 4.79 Å². The monoisotopic (exact) mass is 475 g/mol. The zero-order valence-electron chi connectivity index (χ0n) is 17.4. The number of rotatable bonds is 5. The number of fused-ring (bicyclic) bond motifs is 2. The molecule has 4 aromatic heterocycles. The molecule has 0 atom stereocenters. The van der Waals surface area contributed by atoms with E-state index in [0.29, 0.717) is 16.6 Å². The van der Waals surface area contributed by atoms with Gasteiger partial charge in [-0.05, 0) is 49.4 Å². The predicted octanol–water partition coefficient (Wildman–Crippen LogP) is 5.10. The van der Waals surface area contributed by atoms with Gasteiger partial charge < -0.3 is 9.15 Å². The molecule has 0 radical (unpaired) electrons. The Balaban J connectivity index is 1.19. The summed E-state index contributed by atoms with van der Waals surface area (Å²) < 4.78 is 12.2. The van der Waals surface area contributed by atoms with Crippen LogP contribution in [0.5, 0.6) is 0 Å². The summed E-state index contributed by atoms with van der Waals surface area (Å²) in [6.07, 6.45) is 7.63. The van der Waals surface area contributed by atoms with Crippen LogP contribution in [0.15, 0.2) is 47.1 Å². The quantitative estimate of drug-likeness (QED) is 0.323. The smallest absolute Gasteiger partial charge is 0.359 e. The highest BCUT2D eigenvalue weighted by atomic mass is 32.1. The van der Waals surface area contributed by atoms with E-state index in [1.807, 2.05) is 24.3 Å². The minimum atomic E-state index is -0.622. The van der Waals surface area contributed by atoms with Gasteiger partial charge >= 0.3 is 5.97 Å². The van der Waals surface area contributed by atoms with Crippen molar-refractivity contribution in [1.29, 1.82) is 0 Å². The molecule has 1 aliphatic rings. The molecule has 8 nitrogen and oxygen atoms in total. The summed E-state index contributed by atoms with van der Waals surface area (Å²) in [6.45, 7) is -0.146. The lowest BCUT2D eigenvalue weighted by atomic mass is 9.99. The molecular weight excluding hydrogens is 458 g/mol. The fourth-order valence-electron chi connectivity index (χ4n) is 3.82. The molecule has 4 heterocycles. The average molecular weight is 476 g/mol. The summed E-state index contributed by atoms with van der Waals surface area (Å²) in [5.41, 5.74) is 2.70. The second-order valence-corrected chi connectivity index (χ2v) is 9.75. The topological polar surface area (TPSA) is 104 Å². The molecule has 0 unspecified atom stereocenters. The van der Waals surface area contributed by atoms with Gasteiger partial charge in [-0.15, -0.1) is 32.9 Å². The Bertz CT molecular complexity index is 1420. The van der Waals surface area contributed by atoms with Crippen molar-refractivity contribution in [3.8, 4) is 21.5 Å². The van der Waals surface area contributed by atoms with E-state index in [2.05, 4.69) is 31.2 Å². The van der Waals surface area contributed by atoms with Crippen molar-refractivity contribution in [3.63, 3.8) is 0 Å². The SMILES string of the molecule is O=C(OCc1nnc(-c2cc3c(s2)CCCC3)o1)c1nccnc1-c1nc2ccccc2s1. The van der Waals surface area contributed by atoms with Crippen molar-refractivity contribution < 1.29 is 13.9 Å². The van der Waals surface area contributed by atoms with Gasteiger partial charge in [0, 0.05) is 17.3 Å². The first-order chi connectivity index (χ1) is 16.2. The molecular formula is C23H17N5O3S2.